The number of nitro groups is 1. The molecule has 7 heteroatoms. The number of nitrogens with zero attached hydrogens (tertiary/aromatic N) is 2. The summed E-state index contributed by atoms with van der Waals surface area (Å²) < 4.78 is 0. The van der Waals surface area contributed by atoms with Crippen molar-refractivity contribution in [3.05, 3.63) is 38.9 Å². The van der Waals surface area contributed by atoms with Crippen molar-refractivity contribution in [1.82, 2.24) is 4.90 Å². The molecule has 1 aromatic carbocycles. The van der Waals surface area contributed by atoms with Crippen LogP contribution < -0.4 is 0 Å². The first-order valence-electron chi connectivity index (χ1n) is 6.36. The molecule has 0 unspecified atom stereocenters. The van der Waals surface area contributed by atoms with E-state index in [4.69, 9.17) is 16.7 Å². The van der Waals surface area contributed by atoms with Crippen molar-refractivity contribution in [2.45, 2.75) is 19.4 Å². The standard InChI is InChI=1S/C13H15ClN2O4/c14-12-10(2-1-3-11(12)16(19)20)8-15-6-4-9(5-7-15)13(17)18/h1-3,9H,4-8H2,(H,17,18). The van der Waals surface area contributed by atoms with Gasteiger partial charge in [-0.1, -0.05) is 23.7 Å². The first-order valence-corrected chi connectivity index (χ1v) is 6.73. The molecule has 0 radical (unpaired) electrons. The minimum Gasteiger partial charge on any atom is -0.481 e. The van der Waals surface area contributed by atoms with Crippen LogP contribution in [0.25, 0.3) is 0 Å². The Morgan fingerprint density at radius 2 is 2.10 bits per heavy atom. The van der Waals surface area contributed by atoms with Gasteiger partial charge in [-0.2, -0.15) is 0 Å². The number of halogens is 1. The second-order valence-electron chi connectivity index (χ2n) is 4.90. The summed E-state index contributed by atoms with van der Waals surface area (Å²) in [4.78, 5) is 23.3. The Morgan fingerprint density at radius 3 is 2.65 bits per heavy atom. The summed E-state index contributed by atoms with van der Waals surface area (Å²) >= 11 is 6.04. The number of aliphatic carboxylic acids is 1. The van der Waals surface area contributed by atoms with E-state index in [0.29, 0.717) is 38.0 Å². The minimum absolute atomic E-state index is 0.0930. The van der Waals surface area contributed by atoms with Gasteiger partial charge in [-0.05, 0) is 31.5 Å². The maximum Gasteiger partial charge on any atom is 0.306 e. The molecule has 1 fully saturated rings. The molecule has 0 bridgehead atoms. The summed E-state index contributed by atoms with van der Waals surface area (Å²) in [6.07, 6.45) is 1.20. The van der Waals surface area contributed by atoms with Crippen molar-refractivity contribution in [1.29, 1.82) is 0 Å². The van der Waals surface area contributed by atoms with Crippen LogP contribution in [-0.4, -0.2) is 34.0 Å². The highest BCUT2D eigenvalue weighted by atomic mass is 35.5. The van der Waals surface area contributed by atoms with Crippen LogP contribution in [0.3, 0.4) is 0 Å². The van der Waals surface area contributed by atoms with E-state index < -0.39 is 10.9 Å². The Labute approximate surface area is 121 Å². The van der Waals surface area contributed by atoms with Gasteiger partial charge in [0.15, 0.2) is 0 Å². The van der Waals surface area contributed by atoms with E-state index in [1.165, 1.54) is 6.07 Å². The van der Waals surface area contributed by atoms with Gasteiger partial charge in [0.25, 0.3) is 5.69 Å². The number of piperidine rings is 1. The molecule has 108 valence electrons. The number of carboxylic acids is 1. The molecule has 1 aromatic rings. The van der Waals surface area contributed by atoms with Crippen LogP contribution in [0.4, 0.5) is 5.69 Å². The number of hydrogen-bond donors (Lipinski definition) is 1. The largest absolute Gasteiger partial charge is 0.481 e. The maximum atomic E-state index is 10.9. The molecule has 0 amide bonds. The molecule has 1 saturated heterocycles. The van der Waals surface area contributed by atoms with E-state index in [-0.39, 0.29) is 16.6 Å². The fraction of sp³-hybridized carbons (Fsp3) is 0.462. The second-order valence-corrected chi connectivity index (χ2v) is 5.27. The summed E-state index contributed by atoms with van der Waals surface area (Å²) in [6, 6.07) is 4.75. The predicted molar refractivity (Wildman–Crippen MR) is 73.7 cm³/mol. The Kier molecular flexibility index (Phi) is 4.57. The number of rotatable bonds is 4. The van der Waals surface area contributed by atoms with Crippen LogP contribution >= 0.6 is 11.6 Å². The molecule has 0 atom stereocenters. The molecular weight excluding hydrogens is 284 g/mol. The van der Waals surface area contributed by atoms with E-state index in [2.05, 4.69) is 4.90 Å². The van der Waals surface area contributed by atoms with Crippen LogP contribution in [0.2, 0.25) is 5.02 Å². The molecule has 0 aromatic heterocycles. The molecule has 1 N–H and O–H groups in total. The molecule has 0 aliphatic carbocycles. The average molecular weight is 299 g/mol. The number of hydrogen-bond acceptors (Lipinski definition) is 4. The van der Waals surface area contributed by atoms with E-state index in [1.54, 1.807) is 12.1 Å². The molecule has 1 aliphatic rings. The lowest BCUT2D eigenvalue weighted by molar-refractivity contribution is -0.384. The van der Waals surface area contributed by atoms with Crippen LogP contribution in [0.15, 0.2) is 18.2 Å². The van der Waals surface area contributed by atoms with Gasteiger partial charge in [0.1, 0.15) is 5.02 Å². The van der Waals surface area contributed by atoms with Crippen LogP contribution in [0, 0.1) is 16.0 Å². The third-order valence-electron chi connectivity index (χ3n) is 3.59. The smallest absolute Gasteiger partial charge is 0.306 e. The average Bonchev–Trinajstić information content (AvgIpc) is 2.41. The zero-order chi connectivity index (χ0) is 14.7. The predicted octanol–water partition coefficient (Wildman–Crippen LogP) is 2.54. The van der Waals surface area contributed by atoms with Crippen LogP contribution in [-0.2, 0) is 11.3 Å². The Bertz CT molecular complexity index is 527. The van der Waals surface area contributed by atoms with Crippen molar-refractivity contribution in [2.75, 3.05) is 13.1 Å². The lowest BCUT2D eigenvalue weighted by Gasteiger charge is -2.30. The monoisotopic (exact) mass is 298 g/mol. The van der Waals surface area contributed by atoms with Gasteiger partial charge < -0.3 is 5.11 Å². The number of likely N-dealkylation sites (tertiary alicyclic amines) is 1. The van der Waals surface area contributed by atoms with E-state index >= 15 is 0 Å². The van der Waals surface area contributed by atoms with Crippen LogP contribution in [0.1, 0.15) is 18.4 Å². The third kappa shape index (κ3) is 3.26. The normalized spacial score (nSPS) is 17.1. The summed E-state index contributed by atoms with van der Waals surface area (Å²) in [5.74, 6) is -1.04. The highest BCUT2D eigenvalue weighted by molar-refractivity contribution is 6.33. The molecule has 1 heterocycles. The highest BCUT2D eigenvalue weighted by Crippen LogP contribution is 2.29. The first-order chi connectivity index (χ1) is 9.49. The second kappa shape index (κ2) is 6.19. The summed E-state index contributed by atoms with van der Waals surface area (Å²) in [5.41, 5.74) is 0.610. The van der Waals surface area contributed by atoms with Gasteiger partial charge in [0.2, 0.25) is 0 Å². The van der Waals surface area contributed by atoms with Gasteiger partial charge in [-0.15, -0.1) is 0 Å². The zero-order valence-corrected chi connectivity index (χ0v) is 11.5. The Hall–Kier alpha value is -1.66. The molecule has 20 heavy (non-hydrogen) atoms. The maximum absolute atomic E-state index is 10.9. The highest BCUT2D eigenvalue weighted by Gasteiger charge is 2.25. The topological polar surface area (TPSA) is 83.7 Å². The summed E-state index contributed by atoms with van der Waals surface area (Å²) in [6.45, 7) is 1.83. The van der Waals surface area contributed by atoms with Gasteiger partial charge in [-0.3, -0.25) is 19.8 Å². The van der Waals surface area contributed by atoms with E-state index in [1.807, 2.05) is 0 Å². The molecule has 2 rings (SSSR count). The van der Waals surface area contributed by atoms with Crippen molar-refractivity contribution < 1.29 is 14.8 Å². The number of carboxylic acid groups (broad SMARTS) is 1. The van der Waals surface area contributed by atoms with Gasteiger partial charge in [-0.25, -0.2) is 0 Å². The number of carbonyl (C=O) groups is 1. The first kappa shape index (κ1) is 14.7. The summed E-state index contributed by atoms with van der Waals surface area (Å²) in [5, 5.41) is 19.9. The number of nitro benzene ring substituents is 1. The molecule has 0 spiro atoms. The SMILES string of the molecule is O=C(O)C1CCN(Cc2cccc([N+](=O)[O-])c2Cl)CC1. The molecule has 1 aliphatic heterocycles. The van der Waals surface area contributed by atoms with Crippen molar-refractivity contribution in [3.8, 4) is 0 Å². The van der Waals surface area contributed by atoms with Crippen LogP contribution in [0.5, 0.6) is 0 Å². The Balaban J connectivity index is 2.03. The fourth-order valence-corrected chi connectivity index (χ4v) is 2.66. The van der Waals surface area contributed by atoms with Gasteiger partial charge >= 0.3 is 5.97 Å². The molecular formula is C13H15ClN2O4. The van der Waals surface area contributed by atoms with E-state index in [0.717, 1.165) is 0 Å². The lowest BCUT2D eigenvalue weighted by atomic mass is 9.97. The van der Waals surface area contributed by atoms with Crippen molar-refractivity contribution in [3.63, 3.8) is 0 Å². The summed E-state index contributed by atoms with van der Waals surface area (Å²) in [7, 11) is 0. The molecule has 6 nitrogen and oxygen atoms in total. The number of benzene rings is 1. The van der Waals surface area contributed by atoms with Crippen molar-refractivity contribution in [2.24, 2.45) is 5.92 Å². The minimum atomic E-state index is -0.752. The van der Waals surface area contributed by atoms with Gasteiger partial charge in [0.05, 0.1) is 10.8 Å². The third-order valence-corrected chi connectivity index (χ3v) is 4.02. The molecule has 0 saturated carbocycles. The zero-order valence-electron chi connectivity index (χ0n) is 10.8. The van der Waals surface area contributed by atoms with Crippen molar-refractivity contribution >= 4 is 23.3 Å². The fourth-order valence-electron chi connectivity index (χ4n) is 2.41. The van der Waals surface area contributed by atoms with Gasteiger partial charge in [0, 0.05) is 12.6 Å². The van der Waals surface area contributed by atoms with E-state index in [9.17, 15) is 14.9 Å². The quantitative estimate of drug-likeness (QED) is 0.682. The Morgan fingerprint density at radius 1 is 1.45 bits per heavy atom. The lowest BCUT2D eigenvalue weighted by Crippen LogP contribution is -2.35.